The second-order valence-electron chi connectivity index (χ2n) is 9.57. The van der Waals surface area contributed by atoms with Gasteiger partial charge in [-0.3, -0.25) is 18.7 Å². The summed E-state index contributed by atoms with van der Waals surface area (Å²) in [5.41, 5.74) is -2.35. The number of sulfonamides is 1. The average molecular weight is 583 g/mol. The molecular weight excluding hydrogens is 556 g/mol. The van der Waals surface area contributed by atoms with Crippen molar-refractivity contribution in [1.82, 2.24) is 18.8 Å². The monoisotopic (exact) mass is 582 g/mol. The van der Waals surface area contributed by atoms with E-state index in [0.717, 1.165) is 68.2 Å². The van der Waals surface area contributed by atoms with Gasteiger partial charge in [-0.25, -0.2) is 17.6 Å². The molecule has 1 aliphatic rings. The summed E-state index contributed by atoms with van der Waals surface area (Å²) < 4.78 is 81.4. The molecule has 14 heteroatoms. The zero-order valence-electron chi connectivity index (χ0n) is 21.5. The van der Waals surface area contributed by atoms with Crippen LogP contribution in [0.3, 0.4) is 0 Å². The van der Waals surface area contributed by atoms with Crippen molar-refractivity contribution in [3.05, 3.63) is 92.5 Å². The number of benzene rings is 2. The molecule has 2 heterocycles. The molecule has 1 amide bonds. The number of hydrogen-bond donors (Lipinski definition) is 1. The molecule has 0 saturated carbocycles. The fourth-order valence-corrected chi connectivity index (χ4v) is 6.18. The lowest BCUT2D eigenvalue weighted by Gasteiger charge is -2.23. The van der Waals surface area contributed by atoms with Crippen LogP contribution in [0.25, 0.3) is 5.69 Å². The quantitative estimate of drug-likeness (QED) is 0.431. The molecule has 4 rings (SSSR count). The van der Waals surface area contributed by atoms with Gasteiger partial charge in [0.25, 0.3) is 5.56 Å². The third-order valence-corrected chi connectivity index (χ3v) is 8.48. The third-order valence-electron chi connectivity index (χ3n) is 6.56. The summed E-state index contributed by atoms with van der Waals surface area (Å²) in [6.07, 6.45) is -2.81. The normalized spacial score (nSPS) is 16.4. The Labute approximate surface area is 226 Å². The molecule has 9 nitrogen and oxygen atoms in total. The minimum atomic E-state index is -4.58. The summed E-state index contributed by atoms with van der Waals surface area (Å²) in [6, 6.07) is 6.34. The third kappa shape index (κ3) is 5.72. The number of aromatic nitrogens is 2. The van der Waals surface area contributed by atoms with Crippen molar-refractivity contribution in [3.63, 3.8) is 0 Å². The first kappa shape index (κ1) is 29.2. The van der Waals surface area contributed by atoms with Crippen LogP contribution in [0, 0.1) is 5.82 Å². The van der Waals surface area contributed by atoms with E-state index in [1.54, 1.807) is 13.8 Å². The molecule has 40 heavy (non-hydrogen) atoms. The Bertz CT molecular complexity index is 1630. The van der Waals surface area contributed by atoms with Gasteiger partial charge in [-0.1, -0.05) is 0 Å². The standard InChI is InChI=1S/C26H26F4N4O5S/c1-16(2)34-24(36)17(15-32(25(34)37)20-9-5-18(6-10-20)26(28,29)30)14-31-23(35)22-4-3-13-33(22)40(38,39)21-11-7-19(27)8-12-21/h5-12,15-16,22H,3-4,13-14H2,1-2H3,(H,31,35)/t22-/m0/s1. The maximum Gasteiger partial charge on any atom is 0.416 e. The summed E-state index contributed by atoms with van der Waals surface area (Å²) in [5.74, 6) is -1.29. The molecule has 1 aliphatic heterocycles. The molecule has 1 N–H and O–H groups in total. The average Bonchev–Trinajstić information content (AvgIpc) is 3.39. The topological polar surface area (TPSA) is 110 Å². The highest BCUT2D eigenvalue weighted by atomic mass is 32.2. The molecule has 3 aromatic rings. The Morgan fingerprint density at radius 1 is 1.05 bits per heavy atom. The second-order valence-corrected chi connectivity index (χ2v) is 11.5. The SMILES string of the molecule is CC(C)n1c(=O)c(CNC(=O)[C@@H]2CCCN2S(=O)(=O)c2ccc(F)cc2)cn(-c2ccc(C(F)(F)F)cc2)c1=O. The van der Waals surface area contributed by atoms with Gasteiger partial charge in [0.15, 0.2) is 0 Å². The van der Waals surface area contributed by atoms with Crippen molar-refractivity contribution in [2.45, 2.75) is 56.4 Å². The molecule has 1 atom stereocenters. The molecule has 214 valence electrons. The molecule has 0 spiro atoms. The highest BCUT2D eigenvalue weighted by Gasteiger charge is 2.39. The lowest BCUT2D eigenvalue weighted by molar-refractivity contribution is -0.137. The van der Waals surface area contributed by atoms with Gasteiger partial charge in [0.2, 0.25) is 15.9 Å². The summed E-state index contributed by atoms with van der Waals surface area (Å²) in [6.45, 7) is 2.86. The van der Waals surface area contributed by atoms with Gasteiger partial charge in [-0.05, 0) is 75.2 Å². The number of nitrogens with one attached hydrogen (secondary N) is 1. The number of hydrogen-bond acceptors (Lipinski definition) is 5. The van der Waals surface area contributed by atoms with E-state index in [1.165, 1.54) is 0 Å². The smallest absolute Gasteiger partial charge is 0.350 e. The second kappa shape index (κ2) is 11.0. The summed E-state index contributed by atoms with van der Waals surface area (Å²) >= 11 is 0. The maximum absolute atomic E-state index is 13.3. The number of amides is 1. The lowest BCUT2D eigenvalue weighted by Crippen LogP contribution is -2.47. The van der Waals surface area contributed by atoms with Gasteiger partial charge in [0.1, 0.15) is 11.9 Å². The van der Waals surface area contributed by atoms with Gasteiger partial charge < -0.3 is 5.32 Å². The van der Waals surface area contributed by atoms with Crippen LogP contribution in [-0.4, -0.2) is 40.4 Å². The molecule has 0 radical (unpaired) electrons. The number of alkyl halides is 3. The van der Waals surface area contributed by atoms with Crippen molar-refractivity contribution < 1.29 is 30.8 Å². The van der Waals surface area contributed by atoms with Gasteiger partial charge >= 0.3 is 11.9 Å². The highest BCUT2D eigenvalue weighted by molar-refractivity contribution is 7.89. The first-order valence-corrected chi connectivity index (χ1v) is 13.8. The van der Waals surface area contributed by atoms with Crippen molar-refractivity contribution >= 4 is 15.9 Å². The van der Waals surface area contributed by atoms with Gasteiger partial charge in [0.05, 0.1) is 21.7 Å². The van der Waals surface area contributed by atoms with E-state index in [-0.39, 0.29) is 35.7 Å². The molecular formula is C26H26F4N4O5S. The van der Waals surface area contributed by atoms with Crippen LogP contribution >= 0.6 is 0 Å². The fourth-order valence-electron chi connectivity index (χ4n) is 4.53. The van der Waals surface area contributed by atoms with E-state index in [1.807, 2.05) is 0 Å². The van der Waals surface area contributed by atoms with Gasteiger partial charge in [-0.2, -0.15) is 17.5 Å². The van der Waals surface area contributed by atoms with E-state index in [9.17, 15) is 40.4 Å². The predicted octanol–water partition coefficient (Wildman–Crippen LogP) is 3.21. The number of halogens is 4. The Balaban J connectivity index is 1.62. The molecule has 0 bridgehead atoms. The minimum absolute atomic E-state index is 0.0347. The Kier molecular flexibility index (Phi) is 8.04. The van der Waals surface area contributed by atoms with Crippen LogP contribution in [0.15, 0.2) is 69.2 Å². The van der Waals surface area contributed by atoms with Gasteiger partial charge in [0, 0.05) is 25.3 Å². The molecule has 2 aromatic carbocycles. The van der Waals surface area contributed by atoms with Crippen LogP contribution in [-0.2, 0) is 27.5 Å². The number of carbonyl (C=O) groups excluding carboxylic acids is 1. The van der Waals surface area contributed by atoms with Crippen molar-refractivity contribution in [2.24, 2.45) is 0 Å². The molecule has 0 unspecified atom stereocenters. The maximum atomic E-state index is 13.3. The van der Waals surface area contributed by atoms with Crippen molar-refractivity contribution in [1.29, 1.82) is 0 Å². The Morgan fingerprint density at radius 3 is 2.25 bits per heavy atom. The lowest BCUT2D eigenvalue weighted by atomic mass is 10.2. The van der Waals surface area contributed by atoms with E-state index < -0.39 is 56.8 Å². The van der Waals surface area contributed by atoms with Crippen LogP contribution in [0.1, 0.15) is 43.9 Å². The van der Waals surface area contributed by atoms with E-state index in [2.05, 4.69) is 5.32 Å². The minimum Gasteiger partial charge on any atom is -0.350 e. The summed E-state index contributed by atoms with van der Waals surface area (Å²) in [5, 5.41) is 2.56. The Hall–Kier alpha value is -3.78. The summed E-state index contributed by atoms with van der Waals surface area (Å²) in [4.78, 5) is 39.0. The highest BCUT2D eigenvalue weighted by Crippen LogP contribution is 2.29. The number of carbonyl (C=O) groups is 1. The van der Waals surface area contributed by atoms with Crippen LogP contribution < -0.4 is 16.6 Å². The van der Waals surface area contributed by atoms with E-state index in [0.29, 0.717) is 6.42 Å². The Morgan fingerprint density at radius 2 is 1.68 bits per heavy atom. The van der Waals surface area contributed by atoms with Crippen LogP contribution in [0.2, 0.25) is 0 Å². The molecule has 1 saturated heterocycles. The first-order chi connectivity index (χ1) is 18.7. The molecule has 1 aromatic heterocycles. The van der Waals surface area contributed by atoms with Gasteiger partial charge in [-0.15, -0.1) is 0 Å². The number of nitrogens with zero attached hydrogens (tertiary/aromatic N) is 3. The molecule has 1 fully saturated rings. The molecule has 0 aliphatic carbocycles. The predicted molar refractivity (Wildman–Crippen MR) is 137 cm³/mol. The van der Waals surface area contributed by atoms with Crippen molar-refractivity contribution in [3.8, 4) is 5.69 Å². The van der Waals surface area contributed by atoms with E-state index >= 15 is 0 Å². The van der Waals surface area contributed by atoms with E-state index in [4.69, 9.17) is 0 Å². The number of rotatable bonds is 7. The van der Waals surface area contributed by atoms with Crippen LogP contribution in [0.4, 0.5) is 17.6 Å². The zero-order chi connectivity index (χ0) is 29.4. The zero-order valence-corrected chi connectivity index (χ0v) is 22.3. The largest absolute Gasteiger partial charge is 0.416 e. The first-order valence-electron chi connectivity index (χ1n) is 12.3. The van der Waals surface area contributed by atoms with Crippen molar-refractivity contribution in [2.75, 3.05) is 6.54 Å². The fraction of sp³-hybridized carbons (Fsp3) is 0.346. The van der Waals surface area contributed by atoms with Crippen LogP contribution in [0.5, 0.6) is 0 Å². The summed E-state index contributed by atoms with van der Waals surface area (Å²) in [7, 11) is -4.11.